The lowest BCUT2D eigenvalue weighted by Gasteiger charge is -2.20. The largest absolute Gasteiger partial charge is 0.459 e. The van der Waals surface area contributed by atoms with Crippen molar-refractivity contribution < 1.29 is 9.21 Å². The summed E-state index contributed by atoms with van der Waals surface area (Å²) < 4.78 is 7.16. The molecule has 0 atom stereocenters. The van der Waals surface area contributed by atoms with Gasteiger partial charge in [0, 0.05) is 51.0 Å². The molecule has 118 valence electrons. The molecule has 0 aliphatic carbocycles. The van der Waals surface area contributed by atoms with Gasteiger partial charge in [0.2, 0.25) is 0 Å². The fourth-order valence-electron chi connectivity index (χ4n) is 2.81. The summed E-state index contributed by atoms with van der Waals surface area (Å²) in [6.07, 6.45) is 6.55. The molecule has 1 aliphatic rings. The highest BCUT2D eigenvalue weighted by molar-refractivity contribution is 5.91. The Hall–Kier alpha value is -2.08. The fraction of sp³-hybridized carbons (Fsp3) is 0.500. The van der Waals surface area contributed by atoms with E-state index in [2.05, 4.69) is 23.1 Å². The van der Waals surface area contributed by atoms with Gasteiger partial charge < -0.3 is 9.32 Å². The third-order valence-corrected chi connectivity index (χ3v) is 4.02. The Balaban J connectivity index is 1.56. The highest BCUT2D eigenvalue weighted by atomic mass is 16.3. The molecule has 6 nitrogen and oxygen atoms in total. The number of rotatable bonds is 4. The van der Waals surface area contributed by atoms with Crippen LogP contribution in [0.15, 0.2) is 35.2 Å². The quantitative estimate of drug-likeness (QED) is 0.865. The van der Waals surface area contributed by atoms with Crippen LogP contribution in [0.4, 0.5) is 0 Å². The molecule has 3 rings (SSSR count). The van der Waals surface area contributed by atoms with E-state index in [0.717, 1.165) is 45.7 Å². The first-order valence-electron chi connectivity index (χ1n) is 7.82. The number of amides is 1. The zero-order valence-corrected chi connectivity index (χ0v) is 12.9. The third kappa shape index (κ3) is 3.39. The van der Waals surface area contributed by atoms with E-state index in [9.17, 15) is 4.79 Å². The van der Waals surface area contributed by atoms with Crippen LogP contribution in [0.25, 0.3) is 0 Å². The maximum atomic E-state index is 12.3. The minimum atomic E-state index is -0.00866. The predicted molar refractivity (Wildman–Crippen MR) is 82.4 cm³/mol. The fourth-order valence-corrected chi connectivity index (χ4v) is 2.81. The number of carbonyl (C=O) groups is 1. The third-order valence-electron chi connectivity index (χ3n) is 4.02. The number of hydrogen-bond acceptors (Lipinski definition) is 4. The summed E-state index contributed by atoms with van der Waals surface area (Å²) in [5.74, 6) is 0.420. The van der Waals surface area contributed by atoms with Gasteiger partial charge in [-0.3, -0.25) is 14.4 Å². The summed E-state index contributed by atoms with van der Waals surface area (Å²) in [6.45, 7) is 7.27. The molecule has 0 N–H and O–H groups in total. The topological polar surface area (TPSA) is 54.5 Å². The number of carbonyl (C=O) groups excluding carboxylic acids is 1. The van der Waals surface area contributed by atoms with Crippen LogP contribution in [0.3, 0.4) is 0 Å². The van der Waals surface area contributed by atoms with E-state index in [1.807, 2.05) is 15.8 Å². The summed E-state index contributed by atoms with van der Waals surface area (Å²) in [4.78, 5) is 16.6. The number of furan rings is 1. The van der Waals surface area contributed by atoms with Crippen LogP contribution in [-0.4, -0.2) is 51.7 Å². The lowest BCUT2D eigenvalue weighted by atomic mass is 10.3. The smallest absolute Gasteiger partial charge is 0.289 e. The Kier molecular flexibility index (Phi) is 4.58. The molecule has 0 aromatic carbocycles. The second-order valence-electron chi connectivity index (χ2n) is 5.60. The van der Waals surface area contributed by atoms with E-state index in [1.165, 1.54) is 5.56 Å². The van der Waals surface area contributed by atoms with Crippen LogP contribution in [0, 0.1) is 0 Å². The van der Waals surface area contributed by atoms with Crippen LogP contribution in [-0.2, 0) is 13.1 Å². The van der Waals surface area contributed by atoms with Gasteiger partial charge in [0.1, 0.15) is 0 Å². The van der Waals surface area contributed by atoms with E-state index in [-0.39, 0.29) is 5.91 Å². The molecule has 22 heavy (non-hydrogen) atoms. The zero-order chi connectivity index (χ0) is 15.4. The van der Waals surface area contributed by atoms with Gasteiger partial charge in [0.15, 0.2) is 5.76 Å². The first-order valence-corrected chi connectivity index (χ1v) is 7.82. The minimum absolute atomic E-state index is 0.00866. The van der Waals surface area contributed by atoms with Gasteiger partial charge in [0.25, 0.3) is 5.91 Å². The Bertz CT molecular complexity index is 605. The van der Waals surface area contributed by atoms with Gasteiger partial charge in [-0.25, -0.2) is 0 Å². The molecule has 1 fully saturated rings. The normalized spacial score (nSPS) is 16.7. The summed E-state index contributed by atoms with van der Waals surface area (Å²) in [6, 6.07) is 3.48. The molecule has 3 heterocycles. The van der Waals surface area contributed by atoms with E-state index in [1.54, 1.807) is 18.4 Å². The second-order valence-corrected chi connectivity index (χ2v) is 5.60. The molecule has 2 aromatic heterocycles. The van der Waals surface area contributed by atoms with Crippen LogP contribution >= 0.6 is 0 Å². The molecule has 1 aliphatic heterocycles. The summed E-state index contributed by atoms with van der Waals surface area (Å²) >= 11 is 0. The monoisotopic (exact) mass is 302 g/mol. The molecule has 1 saturated heterocycles. The van der Waals surface area contributed by atoms with Crippen LogP contribution in [0.2, 0.25) is 0 Å². The zero-order valence-electron chi connectivity index (χ0n) is 12.9. The second kappa shape index (κ2) is 6.79. The molecule has 0 unspecified atom stereocenters. The molecule has 6 heteroatoms. The SMILES string of the molecule is CCn1cc(CN2CCCN(C(=O)c3ccco3)CC2)cn1. The van der Waals surface area contributed by atoms with Crippen LogP contribution < -0.4 is 0 Å². The molecule has 0 saturated carbocycles. The van der Waals surface area contributed by atoms with Crippen molar-refractivity contribution in [3.05, 3.63) is 42.1 Å². The van der Waals surface area contributed by atoms with E-state index >= 15 is 0 Å². The molecule has 1 amide bonds. The van der Waals surface area contributed by atoms with Gasteiger partial charge in [-0.05, 0) is 25.5 Å². The van der Waals surface area contributed by atoms with Crippen molar-refractivity contribution in [2.75, 3.05) is 26.2 Å². The summed E-state index contributed by atoms with van der Waals surface area (Å²) in [5.41, 5.74) is 1.23. The maximum Gasteiger partial charge on any atom is 0.289 e. The number of aryl methyl sites for hydroxylation is 1. The van der Waals surface area contributed by atoms with E-state index < -0.39 is 0 Å². The van der Waals surface area contributed by atoms with Gasteiger partial charge in [-0.15, -0.1) is 0 Å². The standard InChI is InChI=1S/C16H22N4O2/c1-2-20-13-14(11-17-20)12-18-6-4-7-19(9-8-18)16(21)15-5-3-10-22-15/h3,5,10-11,13H,2,4,6-9,12H2,1H3. The van der Waals surface area contributed by atoms with Crippen molar-refractivity contribution in [3.8, 4) is 0 Å². The van der Waals surface area contributed by atoms with Gasteiger partial charge >= 0.3 is 0 Å². The average Bonchev–Trinajstić information content (AvgIpc) is 3.16. The van der Waals surface area contributed by atoms with Gasteiger partial charge in [0.05, 0.1) is 12.5 Å². The molecule has 0 spiro atoms. The van der Waals surface area contributed by atoms with Crippen molar-refractivity contribution in [2.24, 2.45) is 0 Å². The highest BCUT2D eigenvalue weighted by Gasteiger charge is 2.22. The van der Waals surface area contributed by atoms with Crippen molar-refractivity contribution in [1.82, 2.24) is 19.6 Å². The molecule has 2 aromatic rings. The Labute approximate surface area is 130 Å². The van der Waals surface area contributed by atoms with Crippen LogP contribution in [0.1, 0.15) is 29.5 Å². The van der Waals surface area contributed by atoms with Crippen molar-refractivity contribution in [1.29, 1.82) is 0 Å². The first kappa shape index (κ1) is 14.8. The molecular weight excluding hydrogens is 280 g/mol. The van der Waals surface area contributed by atoms with Gasteiger partial charge in [-0.1, -0.05) is 0 Å². The predicted octanol–water partition coefficient (Wildman–Crippen LogP) is 1.84. The van der Waals surface area contributed by atoms with Crippen molar-refractivity contribution in [3.63, 3.8) is 0 Å². The Morgan fingerprint density at radius 1 is 1.32 bits per heavy atom. The molecule has 0 radical (unpaired) electrons. The Morgan fingerprint density at radius 2 is 2.23 bits per heavy atom. The first-order chi connectivity index (χ1) is 10.8. The maximum absolute atomic E-state index is 12.3. The molecular formula is C16H22N4O2. The number of nitrogens with zero attached hydrogens (tertiary/aromatic N) is 4. The van der Waals surface area contributed by atoms with Gasteiger partial charge in [-0.2, -0.15) is 5.10 Å². The number of aromatic nitrogens is 2. The molecule has 0 bridgehead atoms. The lowest BCUT2D eigenvalue weighted by Crippen LogP contribution is -2.34. The number of hydrogen-bond donors (Lipinski definition) is 0. The minimum Gasteiger partial charge on any atom is -0.459 e. The summed E-state index contributed by atoms with van der Waals surface area (Å²) in [5, 5.41) is 4.31. The van der Waals surface area contributed by atoms with Crippen molar-refractivity contribution >= 4 is 5.91 Å². The average molecular weight is 302 g/mol. The highest BCUT2D eigenvalue weighted by Crippen LogP contribution is 2.12. The van der Waals surface area contributed by atoms with E-state index in [0.29, 0.717) is 5.76 Å². The van der Waals surface area contributed by atoms with E-state index in [4.69, 9.17) is 4.42 Å². The van der Waals surface area contributed by atoms with Crippen LogP contribution in [0.5, 0.6) is 0 Å². The Morgan fingerprint density at radius 3 is 2.95 bits per heavy atom. The summed E-state index contributed by atoms with van der Waals surface area (Å²) in [7, 11) is 0. The van der Waals surface area contributed by atoms with Crippen molar-refractivity contribution in [2.45, 2.75) is 26.4 Å². The lowest BCUT2D eigenvalue weighted by molar-refractivity contribution is 0.0729.